The molecule has 0 bridgehead atoms. The standard InChI is InChI=1S/C19H15Cl2NO4/c20-12-5-11(6-13(21)8-12)18-22-16-4-1-10(7-17(16)26-18)19(24)25-15-3-2-14(23)9-15/h1,4-8,14-15,23H,2-3,9H2/t14-,15+/m0/s1. The Morgan fingerprint density at radius 1 is 1.15 bits per heavy atom. The Hall–Kier alpha value is -2.08. The van der Waals surface area contributed by atoms with Crippen molar-refractivity contribution in [1.29, 1.82) is 0 Å². The van der Waals surface area contributed by atoms with Crippen LogP contribution >= 0.6 is 23.2 Å². The highest BCUT2D eigenvalue weighted by Crippen LogP contribution is 2.30. The first kappa shape index (κ1) is 17.3. The molecule has 26 heavy (non-hydrogen) atoms. The second-order valence-corrected chi connectivity index (χ2v) is 7.23. The number of oxazole rings is 1. The third-order valence-electron chi connectivity index (χ3n) is 4.36. The molecule has 7 heteroatoms. The lowest BCUT2D eigenvalue weighted by atomic mass is 10.2. The Balaban J connectivity index is 1.60. The summed E-state index contributed by atoms with van der Waals surface area (Å²) in [6.07, 6.45) is 1.18. The van der Waals surface area contributed by atoms with Gasteiger partial charge in [-0.3, -0.25) is 0 Å². The monoisotopic (exact) mass is 391 g/mol. The SMILES string of the molecule is O=C(O[C@@H]1CC[C@H](O)C1)c1ccc2nc(-c3cc(Cl)cc(Cl)c3)oc2c1. The number of aliphatic hydroxyl groups is 1. The van der Waals surface area contributed by atoms with Crippen LogP contribution in [-0.2, 0) is 4.74 Å². The van der Waals surface area contributed by atoms with Gasteiger partial charge < -0.3 is 14.3 Å². The van der Waals surface area contributed by atoms with Crippen LogP contribution in [0.1, 0.15) is 29.6 Å². The highest BCUT2D eigenvalue weighted by Gasteiger charge is 2.26. The molecular weight excluding hydrogens is 377 g/mol. The van der Waals surface area contributed by atoms with Gasteiger partial charge in [0.2, 0.25) is 5.89 Å². The molecule has 2 aromatic carbocycles. The number of rotatable bonds is 3. The molecular formula is C19H15Cl2NO4. The van der Waals surface area contributed by atoms with Crippen molar-refractivity contribution >= 4 is 40.3 Å². The van der Waals surface area contributed by atoms with Crippen molar-refractivity contribution in [3.05, 3.63) is 52.0 Å². The van der Waals surface area contributed by atoms with Gasteiger partial charge in [-0.05, 0) is 49.2 Å². The number of hydrogen-bond acceptors (Lipinski definition) is 5. The highest BCUT2D eigenvalue weighted by atomic mass is 35.5. The molecule has 0 unspecified atom stereocenters. The van der Waals surface area contributed by atoms with Crippen LogP contribution in [0.2, 0.25) is 10.0 Å². The number of aliphatic hydroxyl groups excluding tert-OH is 1. The van der Waals surface area contributed by atoms with Crippen molar-refractivity contribution < 1.29 is 19.1 Å². The van der Waals surface area contributed by atoms with Crippen molar-refractivity contribution in [3.8, 4) is 11.5 Å². The van der Waals surface area contributed by atoms with Gasteiger partial charge in [0.1, 0.15) is 11.6 Å². The first-order chi connectivity index (χ1) is 12.5. The maximum atomic E-state index is 12.3. The fourth-order valence-corrected chi connectivity index (χ4v) is 3.62. The summed E-state index contributed by atoms with van der Waals surface area (Å²) < 4.78 is 11.2. The molecule has 2 atom stereocenters. The summed E-state index contributed by atoms with van der Waals surface area (Å²) in [6.45, 7) is 0. The van der Waals surface area contributed by atoms with Crippen molar-refractivity contribution in [2.75, 3.05) is 0 Å². The van der Waals surface area contributed by atoms with E-state index in [1.165, 1.54) is 0 Å². The normalized spacial score (nSPS) is 19.8. The minimum absolute atomic E-state index is 0.243. The molecule has 0 aliphatic heterocycles. The summed E-state index contributed by atoms with van der Waals surface area (Å²) in [5, 5.41) is 10.5. The molecule has 1 aliphatic rings. The van der Waals surface area contributed by atoms with Gasteiger partial charge in [-0.1, -0.05) is 23.2 Å². The lowest BCUT2D eigenvalue weighted by molar-refractivity contribution is 0.0287. The lowest BCUT2D eigenvalue weighted by Crippen LogP contribution is -2.16. The molecule has 3 aromatic rings. The van der Waals surface area contributed by atoms with E-state index in [-0.39, 0.29) is 6.10 Å². The summed E-state index contributed by atoms with van der Waals surface area (Å²) in [5.41, 5.74) is 2.12. The predicted molar refractivity (Wildman–Crippen MR) is 98.5 cm³/mol. The van der Waals surface area contributed by atoms with Crippen LogP contribution in [0.15, 0.2) is 40.8 Å². The number of carbonyl (C=O) groups is 1. The van der Waals surface area contributed by atoms with Crippen LogP contribution in [0.3, 0.4) is 0 Å². The Morgan fingerprint density at radius 2 is 1.92 bits per heavy atom. The van der Waals surface area contributed by atoms with E-state index in [0.29, 0.717) is 57.4 Å². The fourth-order valence-electron chi connectivity index (χ4n) is 3.10. The second-order valence-electron chi connectivity index (χ2n) is 6.35. The molecule has 0 amide bonds. The van der Waals surface area contributed by atoms with Gasteiger partial charge >= 0.3 is 5.97 Å². The van der Waals surface area contributed by atoms with Gasteiger partial charge in [0.15, 0.2) is 5.58 Å². The maximum absolute atomic E-state index is 12.3. The third-order valence-corrected chi connectivity index (χ3v) is 4.80. The summed E-state index contributed by atoms with van der Waals surface area (Å²) in [7, 11) is 0. The van der Waals surface area contributed by atoms with Crippen LogP contribution in [0.5, 0.6) is 0 Å². The quantitative estimate of drug-likeness (QED) is 0.644. The van der Waals surface area contributed by atoms with Gasteiger partial charge in [0, 0.05) is 22.0 Å². The number of benzene rings is 2. The fraction of sp³-hybridized carbons (Fsp3) is 0.263. The van der Waals surface area contributed by atoms with Crippen LogP contribution in [0.4, 0.5) is 0 Å². The highest BCUT2D eigenvalue weighted by molar-refractivity contribution is 6.35. The van der Waals surface area contributed by atoms with E-state index >= 15 is 0 Å². The van der Waals surface area contributed by atoms with Crippen LogP contribution in [-0.4, -0.2) is 28.3 Å². The smallest absolute Gasteiger partial charge is 0.338 e. The van der Waals surface area contributed by atoms with Gasteiger partial charge in [0.05, 0.1) is 11.7 Å². The van der Waals surface area contributed by atoms with E-state index in [2.05, 4.69) is 4.98 Å². The number of fused-ring (bicyclic) bond motifs is 1. The Kier molecular flexibility index (Phi) is 4.61. The van der Waals surface area contributed by atoms with Gasteiger partial charge in [0.25, 0.3) is 0 Å². The van der Waals surface area contributed by atoms with Crippen molar-refractivity contribution in [1.82, 2.24) is 4.98 Å². The topological polar surface area (TPSA) is 72.6 Å². The van der Waals surface area contributed by atoms with E-state index in [1.54, 1.807) is 36.4 Å². The van der Waals surface area contributed by atoms with E-state index in [0.717, 1.165) is 0 Å². The van der Waals surface area contributed by atoms with Gasteiger partial charge in [-0.15, -0.1) is 0 Å². The van der Waals surface area contributed by atoms with E-state index in [9.17, 15) is 9.90 Å². The molecule has 1 N–H and O–H groups in total. The molecule has 0 saturated heterocycles. The first-order valence-corrected chi connectivity index (χ1v) is 8.99. The van der Waals surface area contributed by atoms with Gasteiger partial charge in [-0.2, -0.15) is 0 Å². The molecule has 134 valence electrons. The number of ether oxygens (including phenoxy) is 1. The Morgan fingerprint density at radius 3 is 2.62 bits per heavy atom. The summed E-state index contributed by atoms with van der Waals surface area (Å²) in [4.78, 5) is 16.7. The van der Waals surface area contributed by atoms with E-state index < -0.39 is 12.1 Å². The number of halogens is 2. The summed E-state index contributed by atoms with van der Waals surface area (Å²) in [6, 6.07) is 9.99. The number of nitrogens with zero attached hydrogens (tertiary/aromatic N) is 1. The number of esters is 1. The Labute approximate surface area is 159 Å². The average Bonchev–Trinajstić information content (AvgIpc) is 3.19. The van der Waals surface area contributed by atoms with Crippen LogP contribution in [0, 0.1) is 0 Å². The summed E-state index contributed by atoms with van der Waals surface area (Å²) >= 11 is 12.0. The second kappa shape index (κ2) is 6.91. The minimum atomic E-state index is -0.435. The van der Waals surface area contributed by atoms with E-state index in [1.807, 2.05) is 0 Å². The summed E-state index contributed by atoms with van der Waals surface area (Å²) in [5.74, 6) is -0.0661. The van der Waals surface area contributed by atoms with Crippen molar-refractivity contribution in [3.63, 3.8) is 0 Å². The molecule has 1 saturated carbocycles. The predicted octanol–water partition coefficient (Wildman–Crippen LogP) is 4.87. The Bertz CT molecular complexity index is 965. The molecule has 1 aliphatic carbocycles. The maximum Gasteiger partial charge on any atom is 0.338 e. The third kappa shape index (κ3) is 3.56. The zero-order valence-corrected chi connectivity index (χ0v) is 15.1. The molecule has 1 aromatic heterocycles. The molecule has 1 heterocycles. The van der Waals surface area contributed by atoms with Crippen molar-refractivity contribution in [2.24, 2.45) is 0 Å². The van der Waals surface area contributed by atoms with Crippen LogP contribution < -0.4 is 0 Å². The molecule has 1 fully saturated rings. The van der Waals surface area contributed by atoms with Crippen LogP contribution in [0.25, 0.3) is 22.6 Å². The average molecular weight is 392 g/mol. The molecule has 0 radical (unpaired) electrons. The zero-order valence-electron chi connectivity index (χ0n) is 13.6. The lowest BCUT2D eigenvalue weighted by Gasteiger charge is -2.11. The van der Waals surface area contributed by atoms with E-state index in [4.69, 9.17) is 32.4 Å². The largest absolute Gasteiger partial charge is 0.459 e. The van der Waals surface area contributed by atoms with Crippen molar-refractivity contribution in [2.45, 2.75) is 31.5 Å². The number of aromatic nitrogens is 1. The molecule has 5 nitrogen and oxygen atoms in total. The number of hydrogen-bond donors (Lipinski definition) is 1. The number of carbonyl (C=O) groups excluding carboxylic acids is 1. The van der Waals surface area contributed by atoms with Gasteiger partial charge in [-0.25, -0.2) is 9.78 Å². The minimum Gasteiger partial charge on any atom is -0.459 e. The molecule has 0 spiro atoms. The first-order valence-electron chi connectivity index (χ1n) is 8.24. The zero-order chi connectivity index (χ0) is 18.3. The molecule has 4 rings (SSSR count).